The fourth-order valence-electron chi connectivity index (χ4n) is 2.41. The summed E-state index contributed by atoms with van der Waals surface area (Å²) in [5, 5.41) is 6.26. The molecule has 1 aromatic rings. The van der Waals surface area contributed by atoms with E-state index in [9.17, 15) is 9.59 Å². The van der Waals surface area contributed by atoms with Crippen molar-refractivity contribution in [1.82, 2.24) is 5.32 Å². The summed E-state index contributed by atoms with van der Waals surface area (Å²) in [6, 6.07) is 7.81. The Labute approximate surface area is 148 Å². The van der Waals surface area contributed by atoms with Gasteiger partial charge in [0.25, 0.3) is 0 Å². The van der Waals surface area contributed by atoms with Crippen molar-refractivity contribution in [3.8, 4) is 5.75 Å². The summed E-state index contributed by atoms with van der Waals surface area (Å²) >= 11 is 0. The Hall–Kier alpha value is -2.44. The molecule has 1 aliphatic carbocycles. The molecule has 1 saturated carbocycles. The van der Waals surface area contributed by atoms with Crippen LogP contribution in [-0.2, 0) is 14.3 Å². The highest BCUT2D eigenvalue weighted by molar-refractivity contribution is 5.71. The van der Waals surface area contributed by atoms with E-state index in [2.05, 4.69) is 15.4 Å². The van der Waals surface area contributed by atoms with Gasteiger partial charge in [0, 0.05) is 17.8 Å². The lowest BCUT2D eigenvalue weighted by Gasteiger charge is -2.37. The first-order valence-electron chi connectivity index (χ1n) is 8.31. The molecule has 7 nitrogen and oxygen atoms in total. The largest absolute Gasteiger partial charge is 0.482 e. The number of alkyl carbamates (subject to hydrolysis) is 1. The van der Waals surface area contributed by atoms with Crippen LogP contribution < -0.4 is 15.4 Å². The number of rotatable bonds is 6. The second-order valence-corrected chi connectivity index (χ2v) is 7.05. The highest BCUT2D eigenvalue weighted by Gasteiger charge is 2.31. The van der Waals surface area contributed by atoms with E-state index in [1.165, 1.54) is 7.11 Å². The molecular weight excluding hydrogens is 324 g/mol. The van der Waals surface area contributed by atoms with E-state index in [1.54, 1.807) is 12.1 Å². The molecule has 1 fully saturated rings. The first-order chi connectivity index (χ1) is 11.7. The highest BCUT2D eigenvalue weighted by atomic mass is 16.6. The number of carbonyl (C=O) groups is 2. The van der Waals surface area contributed by atoms with E-state index in [1.807, 2.05) is 32.9 Å². The summed E-state index contributed by atoms with van der Waals surface area (Å²) < 4.78 is 15.1. The molecule has 1 amide bonds. The Morgan fingerprint density at radius 1 is 1.12 bits per heavy atom. The normalized spacial score (nSPS) is 19.4. The van der Waals surface area contributed by atoms with Crippen LogP contribution in [0.15, 0.2) is 24.3 Å². The second-order valence-electron chi connectivity index (χ2n) is 7.05. The average Bonchev–Trinajstić information content (AvgIpc) is 2.50. The Morgan fingerprint density at radius 2 is 1.76 bits per heavy atom. The maximum absolute atomic E-state index is 11.7. The minimum Gasteiger partial charge on any atom is -0.482 e. The summed E-state index contributed by atoms with van der Waals surface area (Å²) in [6.45, 7) is 5.42. The van der Waals surface area contributed by atoms with Gasteiger partial charge in [-0.1, -0.05) is 0 Å². The molecule has 1 aliphatic rings. The average molecular weight is 350 g/mol. The molecule has 0 saturated heterocycles. The second kappa shape index (κ2) is 8.09. The van der Waals surface area contributed by atoms with Crippen molar-refractivity contribution in [1.29, 1.82) is 0 Å². The van der Waals surface area contributed by atoms with E-state index in [0.717, 1.165) is 18.5 Å². The topological polar surface area (TPSA) is 85.9 Å². The van der Waals surface area contributed by atoms with Gasteiger partial charge in [-0.05, 0) is 57.9 Å². The zero-order valence-corrected chi connectivity index (χ0v) is 15.1. The third-order valence-electron chi connectivity index (χ3n) is 3.67. The molecule has 0 aromatic heterocycles. The van der Waals surface area contributed by atoms with Crippen LogP contribution in [0.1, 0.15) is 33.6 Å². The molecule has 0 atom stereocenters. The van der Waals surface area contributed by atoms with Gasteiger partial charge in [-0.15, -0.1) is 0 Å². The van der Waals surface area contributed by atoms with Crippen LogP contribution in [-0.4, -0.2) is 43.5 Å². The molecule has 0 radical (unpaired) electrons. The van der Waals surface area contributed by atoms with Crippen molar-refractivity contribution < 1.29 is 23.8 Å². The molecule has 0 heterocycles. The van der Waals surface area contributed by atoms with Gasteiger partial charge >= 0.3 is 12.1 Å². The standard InChI is InChI=1S/C18H26N2O5/c1-18(2,3)25-17(22)20-14-9-13(10-14)19-12-5-7-15(8-6-12)24-11-16(21)23-4/h5-8,13-14,19H,9-11H2,1-4H3,(H,20,22). The zero-order valence-electron chi connectivity index (χ0n) is 15.1. The van der Waals surface area contributed by atoms with Gasteiger partial charge in [0.2, 0.25) is 0 Å². The number of ether oxygens (including phenoxy) is 3. The number of anilines is 1. The molecule has 0 bridgehead atoms. The van der Waals surface area contributed by atoms with E-state index >= 15 is 0 Å². The lowest BCUT2D eigenvalue weighted by Crippen LogP contribution is -2.50. The van der Waals surface area contributed by atoms with Crippen molar-refractivity contribution in [3.05, 3.63) is 24.3 Å². The molecule has 7 heteroatoms. The summed E-state index contributed by atoms with van der Waals surface area (Å²) in [4.78, 5) is 22.7. The molecule has 0 unspecified atom stereocenters. The summed E-state index contributed by atoms with van der Waals surface area (Å²) in [6.07, 6.45) is 1.32. The molecule has 2 N–H and O–H groups in total. The van der Waals surface area contributed by atoms with Gasteiger partial charge in [0.15, 0.2) is 6.61 Å². The van der Waals surface area contributed by atoms with Crippen LogP contribution in [0.3, 0.4) is 0 Å². The zero-order chi connectivity index (χ0) is 18.4. The maximum atomic E-state index is 11.7. The number of nitrogens with one attached hydrogen (secondary N) is 2. The quantitative estimate of drug-likeness (QED) is 0.767. The van der Waals surface area contributed by atoms with E-state index in [4.69, 9.17) is 9.47 Å². The summed E-state index contributed by atoms with van der Waals surface area (Å²) in [5.41, 5.74) is 0.481. The minimum atomic E-state index is -0.483. The Morgan fingerprint density at radius 3 is 2.32 bits per heavy atom. The van der Waals surface area contributed by atoms with Crippen molar-refractivity contribution in [2.75, 3.05) is 19.0 Å². The number of esters is 1. The summed E-state index contributed by atoms with van der Waals surface area (Å²) in [5.74, 6) is 0.189. The lowest BCUT2D eigenvalue weighted by atomic mass is 9.86. The molecule has 0 spiro atoms. The van der Waals surface area contributed by atoms with Crippen molar-refractivity contribution in [2.24, 2.45) is 0 Å². The van der Waals surface area contributed by atoms with Crippen LogP contribution >= 0.6 is 0 Å². The van der Waals surface area contributed by atoms with Gasteiger partial charge in [-0.2, -0.15) is 0 Å². The van der Waals surface area contributed by atoms with E-state index < -0.39 is 11.6 Å². The van der Waals surface area contributed by atoms with E-state index in [0.29, 0.717) is 11.8 Å². The Balaban J connectivity index is 1.69. The smallest absolute Gasteiger partial charge is 0.407 e. The maximum Gasteiger partial charge on any atom is 0.407 e. The molecular formula is C18H26N2O5. The number of amides is 1. The van der Waals surface area contributed by atoms with Crippen LogP contribution in [0.25, 0.3) is 0 Å². The number of hydrogen-bond donors (Lipinski definition) is 2. The van der Waals surface area contributed by atoms with Crippen LogP contribution in [0.5, 0.6) is 5.75 Å². The van der Waals surface area contributed by atoms with E-state index in [-0.39, 0.29) is 18.7 Å². The number of carbonyl (C=O) groups excluding carboxylic acids is 2. The Kier molecular flexibility index (Phi) is 6.12. The van der Waals surface area contributed by atoms with Gasteiger partial charge in [0.05, 0.1) is 7.11 Å². The molecule has 25 heavy (non-hydrogen) atoms. The Bertz CT molecular complexity index is 588. The third-order valence-corrected chi connectivity index (χ3v) is 3.67. The SMILES string of the molecule is COC(=O)COc1ccc(NC2CC(NC(=O)OC(C)(C)C)C2)cc1. The number of methoxy groups -OCH3 is 1. The predicted octanol–water partition coefficient (Wildman–Crippen LogP) is 2.71. The monoisotopic (exact) mass is 350 g/mol. The fraction of sp³-hybridized carbons (Fsp3) is 0.556. The fourth-order valence-corrected chi connectivity index (χ4v) is 2.41. The molecule has 0 aliphatic heterocycles. The van der Waals surface area contributed by atoms with Crippen molar-refractivity contribution in [3.63, 3.8) is 0 Å². The first kappa shape index (κ1) is 18.9. The van der Waals surface area contributed by atoms with Crippen molar-refractivity contribution in [2.45, 2.75) is 51.3 Å². The lowest BCUT2D eigenvalue weighted by molar-refractivity contribution is -0.142. The predicted molar refractivity (Wildman–Crippen MR) is 93.8 cm³/mol. The molecule has 1 aromatic carbocycles. The number of hydrogen-bond acceptors (Lipinski definition) is 6. The molecule has 138 valence electrons. The van der Waals surface area contributed by atoms with Crippen molar-refractivity contribution >= 4 is 17.7 Å². The van der Waals surface area contributed by atoms with Gasteiger partial charge in [-0.25, -0.2) is 9.59 Å². The molecule has 2 rings (SSSR count). The van der Waals surface area contributed by atoms with Crippen LogP contribution in [0, 0.1) is 0 Å². The first-order valence-corrected chi connectivity index (χ1v) is 8.31. The third kappa shape index (κ3) is 6.52. The van der Waals surface area contributed by atoms with Crippen LogP contribution in [0.2, 0.25) is 0 Å². The van der Waals surface area contributed by atoms with Crippen LogP contribution in [0.4, 0.5) is 10.5 Å². The van der Waals surface area contributed by atoms with Gasteiger partial charge in [-0.3, -0.25) is 0 Å². The van der Waals surface area contributed by atoms with Gasteiger partial charge < -0.3 is 24.8 Å². The number of benzene rings is 1. The van der Waals surface area contributed by atoms with Gasteiger partial charge in [0.1, 0.15) is 11.4 Å². The summed E-state index contributed by atoms with van der Waals surface area (Å²) in [7, 11) is 1.32. The minimum absolute atomic E-state index is 0.107. The highest BCUT2D eigenvalue weighted by Crippen LogP contribution is 2.25.